The topological polar surface area (TPSA) is 69.9 Å². The van der Waals surface area contributed by atoms with Crippen LogP contribution in [-0.4, -0.2) is 34.3 Å². The third-order valence-electron chi connectivity index (χ3n) is 1.16. The highest BCUT2D eigenvalue weighted by Gasteiger charge is 2.15. The van der Waals surface area contributed by atoms with Crippen LogP contribution in [0.3, 0.4) is 0 Å². The third-order valence-corrected chi connectivity index (χ3v) is 1.16. The van der Waals surface area contributed by atoms with E-state index in [9.17, 15) is 0 Å². The molecule has 0 amide bonds. The quantitative estimate of drug-likeness (QED) is 0.286. The first-order chi connectivity index (χ1) is 4.76. The first-order valence-corrected chi connectivity index (χ1v) is 2.98. The van der Waals surface area contributed by atoms with E-state index in [0.717, 1.165) is 0 Å². The van der Waals surface area contributed by atoms with Crippen molar-refractivity contribution in [1.29, 1.82) is 0 Å². The SMILES string of the molecule is C=C[C@@H](OO)[C@H](O)CCO. The molecule has 0 spiro atoms. The van der Waals surface area contributed by atoms with Gasteiger partial charge in [0.1, 0.15) is 6.10 Å². The summed E-state index contributed by atoms with van der Waals surface area (Å²) in [7, 11) is 0. The molecule has 0 heterocycles. The van der Waals surface area contributed by atoms with Gasteiger partial charge in [0.25, 0.3) is 0 Å². The minimum atomic E-state index is -0.896. The van der Waals surface area contributed by atoms with Gasteiger partial charge in [-0.3, -0.25) is 5.26 Å². The average molecular weight is 148 g/mol. The fraction of sp³-hybridized carbons (Fsp3) is 0.667. The summed E-state index contributed by atoms with van der Waals surface area (Å²) in [5.74, 6) is 0. The molecule has 0 aliphatic carbocycles. The van der Waals surface area contributed by atoms with Gasteiger partial charge in [-0.2, -0.15) is 0 Å². The molecule has 4 heteroatoms. The Morgan fingerprint density at radius 3 is 2.50 bits per heavy atom. The van der Waals surface area contributed by atoms with Crippen LogP contribution in [0, 0.1) is 0 Å². The first-order valence-electron chi connectivity index (χ1n) is 2.98. The van der Waals surface area contributed by atoms with Gasteiger partial charge in [-0.1, -0.05) is 6.08 Å². The summed E-state index contributed by atoms with van der Waals surface area (Å²) in [5.41, 5.74) is 0. The van der Waals surface area contributed by atoms with Crippen LogP contribution in [0.5, 0.6) is 0 Å². The second-order valence-electron chi connectivity index (χ2n) is 1.89. The summed E-state index contributed by atoms with van der Waals surface area (Å²) in [6, 6.07) is 0. The van der Waals surface area contributed by atoms with Crippen LogP contribution in [0.25, 0.3) is 0 Å². The highest BCUT2D eigenvalue weighted by Crippen LogP contribution is 2.02. The molecule has 0 radical (unpaired) electrons. The predicted octanol–water partition coefficient (Wildman–Crippen LogP) is -0.226. The molecule has 0 saturated carbocycles. The van der Waals surface area contributed by atoms with Crippen molar-refractivity contribution in [2.45, 2.75) is 18.6 Å². The van der Waals surface area contributed by atoms with Gasteiger partial charge in [0.05, 0.1) is 6.10 Å². The van der Waals surface area contributed by atoms with Gasteiger partial charge in [-0.25, -0.2) is 4.89 Å². The molecule has 0 fully saturated rings. The molecule has 0 saturated heterocycles. The van der Waals surface area contributed by atoms with Crippen molar-refractivity contribution in [3.63, 3.8) is 0 Å². The minimum Gasteiger partial charge on any atom is -0.396 e. The Morgan fingerprint density at radius 1 is 1.60 bits per heavy atom. The molecule has 0 unspecified atom stereocenters. The normalized spacial score (nSPS) is 16.3. The monoisotopic (exact) mass is 148 g/mol. The van der Waals surface area contributed by atoms with E-state index in [2.05, 4.69) is 11.5 Å². The average Bonchev–Trinajstić information content (AvgIpc) is 1.91. The molecular weight excluding hydrogens is 136 g/mol. The summed E-state index contributed by atoms with van der Waals surface area (Å²) < 4.78 is 0. The van der Waals surface area contributed by atoms with Crippen molar-refractivity contribution >= 4 is 0 Å². The second-order valence-corrected chi connectivity index (χ2v) is 1.89. The van der Waals surface area contributed by atoms with Gasteiger partial charge in [-0.05, 0) is 6.42 Å². The Balaban J connectivity index is 3.63. The Labute approximate surface area is 59.3 Å². The van der Waals surface area contributed by atoms with Crippen LogP contribution in [0.2, 0.25) is 0 Å². The van der Waals surface area contributed by atoms with E-state index in [-0.39, 0.29) is 13.0 Å². The lowest BCUT2D eigenvalue weighted by Gasteiger charge is -2.14. The summed E-state index contributed by atoms with van der Waals surface area (Å²) in [4.78, 5) is 3.83. The highest BCUT2D eigenvalue weighted by molar-refractivity contribution is 4.84. The maximum atomic E-state index is 8.99. The predicted molar refractivity (Wildman–Crippen MR) is 35.4 cm³/mol. The standard InChI is InChI=1S/C6H12O4/c1-2-6(10-9)5(8)3-4-7/h2,5-9H,1,3-4H2/t5-,6-/m1/s1. The second kappa shape index (κ2) is 5.37. The van der Waals surface area contributed by atoms with Gasteiger partial charge in [-0.15, -0.1) is 6.58 Å². The molecule has 0 aromatic rings. The van der Waals surface area contributed by atoms with Crippen LogP contribution in [0.15, 0.2) is 12.7 Å². The number of rotatable bonds is 5. The number of aliphatic hydroxyl groups excluding tert-OH is 2. The number of hydrogen-bond donors (Lipinski definition) is 3. The van der Waals surface area contributed by atoms with Crippen LogP contribution >= 0.6 is 0 Å². The zero-order valence-corrected chi connectivity index (χ0v) is 5.60. The van der Waals surface area contributed by atoms with Crippen molar-refractivity contribution in [2.24, 2.45) is 0 Å². The summed E-state index contributed by atoms with van der Waals surface area (Å²) in [6.07, 6.45) is -0.281. The largest absolute Gasteiger partial charge is 0.396 e. The highest BCUT2D eigenvalue weighted by atomic mass is 17.1. The molecule has 3 N–H and O–H groups in total. The lowest BCUT2D eigenvalue weighted by atomic mass is 10.1. The molecule has 4 nitrogen and oxygen atoms in total. The lowest BCUT2D eigenvalue weighted by molar-refractivity contribution is -0.283. The van der Waals surface area contributed by atoms with Crippen LogP contribution in [0.4, 0.5) is 0 Å². The van der Waals surface area contributed by atoms with E-state index in [1.807, 2.05) is 0 Å². The summed E-state index contributed by atoms with van der Waals surface area (Å²) >= 11 is 0. The maximum absolute atomic E-state index is 8.99. The van der Waals surface area contributed by atoms with E-state index in [1.165, 1.54) is 6.08 Å². The Hall–Kier alpha value is -0.420. The van der Waals surface area contributed by atoms with Gasteiger partial charge < -0.3 is 10.2 Å². The van der Waals surface area contributed by atoms with Crippen molar-refractivity contribution in [1.82, 2.24) is 0 Å². The maximum Gasteiger partial charge on any atom is 0.136 e. The van der Waals surface area contributed by atoms with E-state index in [1.54, 1.807) is 0 Å². The molecule has 10 heavy (non-hydrogen) atoms. The Kier molecular flexibility index (Phi) is 5.15. The lowest BCUT2D eigenvalue weighted by Crippen LogP contribution is -2.26. The molecule has 0 aliphatic heterocycles. The Bertz CT molecular complexity index is 93.7. The molecule has 2 atom stereocenters. The fourth-order valence-electron chi connectivity index (χ4n) is 0.567. The molecular formula is C6H12O4. The van der Waals surface area contributed by atoms with E-state index in [4.69, 9.17) is 15.5 Å². The van der Waals surface area contributed by atoms with E-state index < -0.39 is 12.2 Å². The van der Waals surface area contributed by atoms with Gasteiger partial charge in [0, 0.05) is 6.61 Å². The van der Waals surface area contributed by atoms with Crippen LogP contribution < -0.4 is 0 Å². The molecule has 0 aromatic heterocycles. The van der Waals surface area contributed by atoms with Gasteiger partial charge in [0.2, 0.25) is 0 Å². The molecule has 0 aromatic carbocycles. The third kappa shape index (κ3) is 2.93. The van der Waals surface area contributed by atoms with Crippen LogP contribution in [0.1, 0.15) is 6.42 Å². The van der Waals surface area contributed by atoms with E-state index >= 15 is 0 Å². The zero-order valence-electron chi connectivity index (χ0n) is 5.60. The molecule has 60 valence electrons. The van der Waals surface area contributed by atoms with Crippen molar-refractivity contribution < 1.29 is 20.4 Å². The van der Waals surface area contributed by atoms with Gasteiger partial charge >= 0.3 is 0 Å². The number of hydrogen-bond acceptors (Lipinski definition) is 4. The van der Waals surface area contributed by atoms with Crippen LogP contribution in [-0.2, 0) is 4.89 Å². The Morgan fingerprint density at radius 2 is 2.20 bits per heavy atom. The molecule has 0 aliphatic rings. The van der Waals surface area contributed by atoms with Crippen molar-refractivity contribution in [2.75, 3.05) is 6.61 Å². The molecule has 0 bridgehead atoms. The fourth-order valence-corrected chi connectivity index (χ4v) is 0.567. The van der Waals surface area contributed by atoms with E-state index in [0.29, 0.717) is 0 Å². The van der Waals surface area contributed by atoms with Crippen molar-refractivity contribution in [3.05, 3.63) is 12.7 Å². The van der Waals surface area contributed by atoms with Crippen molar-refractivity contribution in [3.8, 4) is 0 Å². The first kappa shape index (κ1) is 9.58. The summed E-state index contributed by atoms with van der Waals surface area (Å²) in [6.45, 7) is 3.16. The smallest absolute Gasteiger partial charge is 0.136 e. The van der Waals surface area contributed by atoms with Gasteiger partial charge in [0.15, 0.2) is 0 Å². The minimum absolute atomic E-state index is 0.144. The number of aliphatic hydroxyl groups is 2. The molecule has 0 rings (SSSR count). The zero-order chi connectivity index (χ0) is 7.98. The summed E-state index contributed by atoms with van der Waals surface area (Å²) in [5, 5.41) is 25.4.